The van der Waals surface area contributed by atoms with E-state index >= 15 is 0 Å². The Balaban J connectivity index is 2.26. The number of nitrogens with zero attached hydrogens (tertiary/aromatic N) is 2. The Morgan fingerprint density at radius 1 is 1.32 bits per heavy atom. The zero-order valence-corrected chi connectivity index (χ0v) is 10.1. The van der Waals surface area contributed by atoms with Crippen molar-refractivity contribution in [2.45, 2.75) is 6.92 Å². The van der Waals surface area contributed by atoms with Gasteiger partial charge in [0.05, 0.1) is 11.0 Å². The van der Waals surface area contributed by atoms with Crippen LogP contribution in [0.5, 0.6) is 11.6 Å². The summed E-state index contributed by atoms with van der Waals surface area (Å²) in [7, 11) is 0. The van der Waals surface area contributed by atoms with Crippen LogP contribution in [0, 0.1) is 10.1 Å². The highest BCUT2D eigenvalue weighted by molar-refractivity contribution is 5.94. The summed E-state index contributed by atoms with van der Waals surface area (Å²) in [4.78, 5) is 25.3. The van der Waals surface area contributed by atoms with Gasteiger partial charge in [0.1, 0.15) is 5.75 Å². The Kier molecular flexibility index (Phi) is 3.51. The molecule has 1 heterocycles. The zero-order chi connectivity index (χ0) is 13.8. The Hall–Kier alpha value is -2.76. The standard InChI is InChI=1S/C13H10N2O4/c1-9(16)10-5-6-14-13(7-10)19-12-4-2-3-11(8-12)15(17)18/h2-8H,1H3. The molecule has 6 heteroatoms. The van der Waals surface area contributed by atoms with Crippen LogP contribution in [0.1, 0.15) is 17.3 Å². The molecule has 0 atom stereocenters. The number of aromatic nitrogens is 1. The number of carbonyl (C=O) groups excluding carboxylic acids is 1. The number of ether oxygens (including phenoxy) is 1. The van der Waals surface area contributed by atoms with Crippen molar-refractivity contribution in [2.75, 3.05) is 0 Å². The molecular formula is C13H10N2O4. The molecule has 0 fully saturated rings. The maximum Gasteiger partial charge on any atom is 0.273 e. The topological polar surface area (TPSA) is 82.3 Å². The molecule has 6 nitrogen and oxygen atoms in total. The number of ketones is 1. The van der Waals surface area contributed by atoms with Gasteiger partial charge in [-0.1, -0.05) is 6.07 Å². The van der Waals surface area contributed by atoms with Crippen molar-refractivity contribution in [1.29, 1.82) is 0 Å². The van der Waals surface area contributed by atoms with Gasteiger partial charge in [-0.2, -0.15) is 0 Å². The van der Waals surface area contributed by atoms with Crippen molar-refractivity contribution in [3.63, 3.8) is 0 Å². The van der Waals surface area contributed by atoms with Crippen molar-refractivity contribution in [1.82, 2.24) is 4.98 Å². The van der Waals surface area contributed by atoms with Gasteiger partial charge in [-0.15, -0.1) is 0 Å². The lowest BCUT2D eigenvalue weighted by atomic mass is 10.2. The van der Waals surface area contributed by atoms with Gasteiger partial charge in [-0.05, 0) is 19.1 Å². The number of nitro groups is 1. The predicted molar refractivity (Wildman–Crippen MR) is 67.4 cm³/mol. The van der Waals surface area contributed by atoms with Gasteiger partial charge in [0.25, 0.3) is 5.69 Å². The fourth-order valence-electron chi connectivity index (χ4n) is 1.47. The highest BCUT2D eigenvalue weighted by atomic mass is 16.6. The number of carbonyl (C=O) groups is 1. The fraction of sp³-hybridized carbons (Fsp3) is 0.0769. The lowest BCUT2D eigenvalue weighted by Crippen LogP contribution is -1.95. The van der Waals surface area contributed by atoms with E-state index in [2.05, 4.69) is 4.98 Å². The fourth-order valence-corrected chi connectivity index (χ4v) is 1.47. The van der Waals surface area contributed by atoms with Gasteiger partial charge < -0.3 is 4.74 Å². The van der Waals surface area contributed by atoms with Crippen molar-refractivity contribution >= 4 is 11.5 Å². The van der Waals surface area contributed by atoms with Crippen LogP contribution < -0.4 is 4.74 Å². The summed E-state index contributed by atoms with van der Waals surface area (Å²) in [5.74, 6) is 0.405. The van der Waals surface area contributed by atoms with E-state index in [-0.39, 0.29) is 17.4 Å². The number of rotatable bonds is 4. The minimum Gasteiger partial charge on any atom is -0.439 e. The van der Waals surface area contributed by atoms with Crippen LogP contribution in [0.2, 0.25) is 0 Å². The molecule has 0 bridgehead atoms. The van der Waals surface area contributed by atoms with E-state index in [1.165, 1.54) is 37.4 Å². The van der Waals surface area contributed by atoms with Crippen molar-refractivity contribution in [3.05, 3.63) is 58.3 Å². The minimum absolute atomic E-state index is 0.0692. The maximum absolute atomic E-state index is 11.2. The molecule has 96 valence electrons. The van der Waals surface area contributed by atoms with Crippen LogP contribution in [0.15, 0.2) is 42.6 Å². The molecule has 2 rings (SSSR count). The predicted octanol–water partition coefficient (Wildman–Crippen LogP) is 2.98. The van der Waals surface area contributed by atoms with Crippen LogP contribution in [0.3, 0.4) is 0 Å². The molecule has 0 unspecified atom stereocenters. The van der Waals surface area contributed by atoms with E-state index in [1.807, 2.05) is 0 Å². The highest BCUT2D eigenvalue weighted by Gasteiger charge is 2.08. The molecule has 0 radical (unpaired) electrons. The molecule has 0 saturated heterocycles. The average Bonchev–Trinajstić information content (AvgIpc) is 2.39. The van der Waals surface area contributed by atoms with Gasteiger partial charge >= 0.3 is 0 Å². The number of benzene rings is 1. The Morgan fingerprint density at radius 3 is 2.79 bits per heavy atom. The first-order valence-electron chi connectivity index (χ1n) is 5.45. The van der Waals surface area contributed by atoms with E-state index < -0.39 is 4.92 Å². The molecule has 1 aromatic carbocycles. The number of pyridine rings is 1. The summed E-state index contributed by atoms with van der Waals surface area (Å²) in [6.07, 6.45) is 1.45. The largest absolute Gasteiger partial charge is 0.439 e. The third-order valence-corrected chi connectivity index (χ3v) is 2.39. The molecule has 1 aromatic heterocycles. The molecule has 0 amide bonds. The number of hydrogen-bond donors (Lipinski definition) is 0. The normalized spacial score (nSPS) is 9.95. The third kappa shape index (κ3) is 3.12. The summed E-state index contributed by atoms with van der Waals surface area (Å²) in [5.41, 5.74) is 0.399. The number of nitro benzene ring substituents is 1. The number of non-ortho nitro benzene ring substituents is 1. The Labute approximate surface area is 108 Å². The monoisotopic (exact) mass is 258 g/mol. The second-order valence-corrected chi connectivity index (χ2v) is 3.80. The molecule has 0 aliphatic rings. The Morgan fingerprint density at radius 2 is 2.11 bits per heavy atom. The molecule has 0 saturated carbocycles. The van der Waals surface area contributed by atoms with Crippen LogP contribution in [-0.4, -0.2) is 15.7 Å². The third-order valence-electron chi connectivity index (χ3n) is 2.39. The molecule has 19 heavy (non-hydrogen) atoms. The van der Waals surface area contributed by atoms with E-state index in [0.717, 1.165) is 0 Å². The van der Waals surface area contributed by atoms with Crippen LogP contribution in [0.25, 0.3) is 0 Å². The van der Waals surface area contributed by atoms with E-state index in [4.69, 9.17) is 4.74 Å². The highest BCUT2D eigenvalue weighted by Crippen LogP contribution is 2.24. The van der Waals surface area contributed by atoms with Gasteiger partial charge in [0.2, 0.25) is 5.88 Å². The maximum atomic E-state index is 11.2. The van der Waals surface area contributed by atoms with Gasteiger partial charge in [0, 0.05) is 23.9 Å². The Bertz CT molecular complexity index is 585. The molecule has 0 N–H and O–H groups in total. The summed E-state index contributed by atoms with van der Waals surface area (Å²) in [6.45, 7) is 1.44. The number of Topliss-reactive ketones (excluding diaryl/α,β-unsaturated/α-hetero) is 1. The van der Waals surface area contributed by atoms with Gasteiger partial charge in [-0.25, -0.2) is 4.98 Å². The number of hydrogen-bond acceptors (Lipinski definition) is 5. The van der Waals surface area contributed by atoms with Crippen molar-refractivity contribution in [2.24, 2.45) is 0 Å². The summed E-state index contributed by atoms with van der Waals surface area (Å²) >= 11 is 0. The van der Waals surface area contributed by atoms with E-state index in [1.54, 1.807) is 12.1 Å². The second kappa shape index (κ2) is 5.26. The smallest absolute Gasteiger partial charge is 0.273 e. The lowest BCUT2D eigenvalue weighted by molar-refractivity contribution is -0.384. The molecule has 0 aliphatic heterocycles. The van der Waals surface area contributed by atoms with Crippen LogP contribution in [-0.2, 0) is 0 Å². The first-order valence-corrected chi connectivity index (χ1v) is 5.45. The molecule has 2 aromatic rings. The minimum atomic E-state index is -0.508. The second-order valence-electron chi connectivity index (χ2n) is 3.80. The van der Waals surface area contributed by atoms with Gasteiger partial charge in [0.15, 0.2) is 5.78 Å². The SMILES string of the molecule is CC(=O)c1ccnc(Oc2cccc([N+](=O)[O-])c2)c1. The van der Waals surface area contributed by atoms with Crippen LogP contribution in [0.4, 0.5) is 5.69 Å². The van der Waals surface area contributed by atoms with E-state index in [9.17, 15) is 14.9 Å². The molecular weight excluding hydrogens is 248 g/mol. The average molecular weight is 258 g/mol. The lowest BCUT2D eigenvalue weighted by Gasteiger charge is -2.05. The summed E-state index contributed by atoms with van der Waals surface area (Å²) in [6, 6.07) is 8.82. The quantitative estimate of drug-likeness (QED) is 0.478. The zero-order valence-electron chi connectivity index (χ0n) is 10.1. The van der Waals surface area contributed by atoms with E-state index in [0.29, 0.717) is 11.3 Å². The summed E-state index contributed by atoms with van der Waals surface area (Å²) < 4.78 is 5.39. The first-order chi connectivity index (χ1) is 9.06. The molecule has 0 aliphatic carbocycles. The van der Waals surface area contributed by atoms with Crippen molar-refractivity contribution < 1.29 is 14.5 Å². The van der Waals surface area contributed by atoms with Crippen molar-refractivity contribution in [3.8, 4) is 11.6 Å². The first kappa shape index (κ1) is 12.7. The van der Waals surface area contributed by atoms with Gasteiger partial charge in [-0.3, -0.25) is 14.9 Å². The van der Waals surface area contributed by atoms with Crippen LogP contribution >= 0.6 is 0 Å². The molecule has 0 spiro atoms. The summed E-state index contributed by atoms with van der Waals surface area (Å²) in [5, 5.41) is 10.6.